The van der Waals surface area contributed by atoms with Crippen molar-refractivity contribution in [2.24, 2.45) is 0 Å². The fourth-order valence-electron chi connectivity index (χ4n) is 2.06. The summed E-state index contributed by atoms with van der Waals surface area (Å²) in [5, 5.41) is 3.78. The lowest BCUT2D eigenvalue weighted by Crippen LogP contribution is -2.13. The summed E-state index contributed by atoms with van der Waals surface area (Å²) in [6, 6.07) is 5.82. The molecule has 0 amide bonds. The van der Waals surface area contributed by atoms with Gasteiger partial charge in [-0.1, -0.05) is 49.7 Å². The number of hydrogen-bond donors (Lipinski definition) is 0. The van der Waals surface area contributed by atoms with Gasteiger partial charge in [0.1, 0.15) is 5.75 Å². The first-order chi connectivity index (χ1) is 10.1. The van der Waals surface area contributed by atoms with Crippen molar-refractivity contribution in [2.75, 3.05) is 0 Å². The monoisotopic (exact) mass is 322 g/mol. The van der Waals surface area contributed by atoms with Crippen LogP contribution in [0.4, 0.5) is 0 Å². The van der Waals surface area contributed by atoms with Crippen LogP contribution in [-0.4, -0.2) is 18.6 Å². The predicted molar refractivity (Wildman–Crippen MR) is 85.2 cm³/mol. The standard InChI is InChI=1S/C16H22N2O3S/c1-11-6-7-12(2)13(8-11)9-22(19,20)10-14-17-15(21-18-14)16(3,4)5/h6-8H,9-10H2,1-5H3. The third kappa shape index (κ3) is 4.16. The maximum absolute atomic E-state index is 12.4. The number of nitrogens with zero attached hydrogens (tertiary/aromatic N) is 2. The van der Waals surface area contributed by atoms with Crippen molar-refractivity contribution in [1.82, 2.24) is 10.1 Å². The molecule has 1 heterocycles. The van der Waals surface area contributed by atoms with Gasteiger partial charge in [-0.05, 0) is 25.0 Å². The van der Waals surface area contributed by atoms with Gasteiger partial charge in [0.15, 0.2) is 15.7 Å². The minimum atomic E-state index is -3.34. The van der Waals surface area contributed by atoms with Gasteiger partial charge in [0.25, 0.3) is 0 Å². The molecular weight excluding hydrogens is 300 g/mol. The maximum Gasteiger partial charge on any atom is 0.232 e. The molecule has 22 heavy (non-hydrogen) atoms. The van der Waals surface area contributed by atoms with E-state index >= 15 is 0 Å². The van der Waals surface area contributed by atoms with Gasteiger partial charge >= 0.3 is 0 Å². The molecule has 0 atom stereocenters. The average Bonchev–Trinajstić information content (AvgIpc) is 2.81. The Bertz CT molecular complexity index is 771. The Morgan fingerprint density at radius 3 is 2.41 bits per heavy atom. The van der Waals surface area contributed by atoms with Crippen LogP contribution in [0.2, 0.25) is 0 Å². The summed E-state index contributed by atoms with van der Waals surface area (Å²) in [5.41, 5.74) is 2.55. The molecule has 0 aliphatic rings. The van der Waals surface area contributed by atoms with Crippen LogP contribution < -0.4 is 0 Å². The van der Waals surface area contributed by atoms with Crippen LogP contribution in [0.5, 0.6) is 0 Å². The van der Waals surface area contributed by atoms with Crippen molar-refractivity contribution >= 4 is 9.84 Å². The van der Waals surface area contributed by atoms with E-state index in [2.05, 4.69) is 10.1 Å². The van der Waals surface area contributed by atoms with Gasteiger partial charge in [0.2, 0.25) is 5.89 Å². The maximum atomic E-state index is 12.4. The van der Waals surface area contributed by atoms with Crippen molar-refractivity contribution < 1.29 is 12.9 Å². The Balaban J connectivity index is 2.18. The lowest BCUT2D eigenvalue weighted by molar-refractivity contribution is 0.319. The summed E-state index contributed by atoms with van der Waals surface area (Å²) in [6.07, 6.45) is 0. The molecule has 5 nitrogen and oxygen atoms in total. The highest BCUT2D eigenvalue weighted by Gasteiger charge is 2.24. The zero-order chi connectivity index (χ0) is 16.5. The molecule has 0 spiro atoms. The summed E-state index contributed by atoms with van der Waals surface area (Å²) in [7, 11) is -3.34. The van der Waals surface area contributed by atoms with E-state index in [4.69, 9.17) is 4.52 Å². The molecule has 2 rings (SSSR count). The van der Waals surface area contributed by atoms with Gasteiger partial charge in [-0.15, -0.1) is 0 Å². The number of rotatable bonds is 4. The molecule has 1 aromatic carbocycles. The number of benzene rings is 1. The molecule has 0 aliphatic carbocycles. The topological polar surface area (TPSA) is 73.1 Å². The van der Waals surface area contributed by atoms with Crippen LogP contribution in [-0.2, 0) is 26.8 Å². The molecule has 1 aromatic heterocycles. The SMILES string of the molecule is Cc1ccc(C)c(CS(=O)(=O)Cc2noc(C(C)(C)C)n2)c1. The van der Waals surface area contributed by atoms with Crippen LogP contribution in [0.25, 0.3) is 0 Å². The van der Waals surface area contributed by atoms with Gasteiger partial charge in [-0.3, -0.25) is 0 Å². The molecule has 0 fully saturated rings. The van der Waals surface area contributed by atoms with Crippen molar-refractivity contribution in [3.63, 3.8) is 0 Å². The first-order valence-corrected chi connectivity index (χ1v) is 8.98. The largest absolute Gasteiger partial charge is 0.339 e. The lowest BCUT2D eigenvalue weighted by atomic mass is 9.97. The summed E-state index contributed by atoms with van der Waals surface area (Å²) in [6.45, 7) is 9.68. The smallest absolute Gasteiger partial charge is 0.232 e. The fourth-order valence-corrected chi connectivity index (χ4v) is 3.46. The van der Waals surface area contributed by atoms with Crippen LogP contribution in [0, 0.1) is 13.8 Å². The highest BCUT2D eigenvalue weighted by atomic mass is 32.2. The van der Waals surface area contributed by atoms with Crippen LogP contribution in [0.1, 0.15) is 49.2 Å². The molecule has 0 saturated heterocycles. The summed E-state index contributed by atoms with van der Waals surface area (Å²) >= 11 is 0. The van der Waals surface area contributed by atoms with Crippen LogP contribution in [0.15, 0.2) is 22.7 Å². The van der Waals surface area contributed by atoms with E-state index in [1.807, 2.05) is 52.8 Å². The number of aryl methyl sites for hydroxylation is 2. The molecule has 0 unspecified atom stereocenters. The second-order valence-corrected chi connectivity index (χ2v) is 8.79. The summed E-state index contributed by atoms with van der Waals surface area (Å²) < 4.78 is 29.9. The van der Waals surface area contributed by atoms with Crippen molar-refractivity contribution in [3.05, 3.63) is 46.6 Å². The number of sulfone groups is 1. The third-order valence-corrected chi connectivity index (χ3v) is 4.79. The van der Waals surface area contributed by atoms with E-state index < -0.39 is 9.84 Å². The Hall–Kier alpha value is -1.69. The van der Waals surface area contributed by atoms with Gasteiger partial charge < -0.3 is 4.52 Å². The first kappa shape index (κ1) is 16.7. The highest BCUT2D eigenvalue weighted by molar-refractivity contribution is 7.89. The van der Waals surface area contributed by atoms with Crippen molar-refractivity contribution in [1.29, 1.82) is 0 Å². The third-order valence-electron chi connectivity index (χ3n) is 3.34. The lowest BCUT2D eigenvalue weighted by Gasteiger charge is -2.10. The molecule has 120 valence electrons. The molecule has 0 N–H and O–H groups in total. The van der Waals surface area contributed by atoms with E-state index in [0.717, 1.165) is 16.7 Å². The van der Waals surface area contributed by atoms with E-state index in [-0.39, 0.29) is 22.7 Å². The summed E-state index contributed by atoms with van der Waals surface area (Å²) in [4.78, 5) is 4.19. The molecule has 2 aromatic rings. The molecule has 0 bridgehead atoms. The Morgan fingerprint density at radius 2 is 1.82 bits per heavy atom. The van der Waals surface area contributed by atoms with E-state index in [9.17, 15) is 8.42 Å². The van der Waals surface area contributed by atoms with E-state index in [1.165, 1.54) is 0 Å². The highest BCUT2D eigenvalue weighted by Crippen LogP contribution is 2.21. The molecule has 6 heteroatoms. The van der Waals surface area contributed by atoms with Crippen molar-refractivity contribution in [2.45, 2.75) is 51.5 Å². The molecule has 0 saturated carbocycles. The fraction of sp³-hybridized carbons (Fsp3) is 0.500. The zero-order valence-corrected chi connectivity index (χ0v) is 14.5. The van der Waals surface area contributed by atoms with Gasteiger partial charge in [-0.2, -0.15) is 4.98 Å². The van der Waals surface area contributed by atoms with E-state index in [0.29, 0.717) is 5.89 Å². The van der Waals surface area contributed by atoms with Crippen molar-refractivity contribution in [3.8, 4) is 0 Å². The quantitative estimate of drug-likeness (QED) is 0.865. The van der Waals surface area contributed by atoms with Gasteiger partial charge in [0.05, 0.1) is 5.75 Å². The van der Waals surface area contributed by atoms with Crippen LogP contribution in [0.3, 0.4) is 0 Å². The van der Waals surface area contributed by atoms with E-state index in [1.54, 1.807) is 0 Å². The predicted octanol–water partition coefficient (Wildman–Crippen LogP) is 3.10. The second-order valence-electron chi connectivity index (χ2n) is 6.73. The number of aromatic nitrogens is 2. The average molecular weight is 322 g/mol. The normalized spacial score (nSPS) is 12.6. The summed E-state index contributed by atoms with van der Waals surface area (Å²) in [5.74, 6) is 0.444. The van der Waals surface area contributed by atoms with Crippen LogP contribution >= 0.6 is 0 Å². The Labute approximate surface area is 131 Å². The van der Waals surface area contributed by atoms with Gasteiger partial charge in [0, 0.05) is 5.41 Å². The molecule has 0 radical (unpaired) electrons. The second kappa shape index (κ2) is 5.83. The molecular formula is C16H22N2O3S. The number of hydrogen-bond acceptors (Lipinski definition) is 5. The minimum absolute atomic E-state index is 0.0140. The zero-order valence-electron chi connectivity index (χ0n) is 13.7. The minimum Gasteiger partial charge on any atom is -0.339 e. The van der Waals surface area contributed by atoms with Gasteiger partial charge in [-0.25, -0.2) is 8.42 Å². The first-order valence-electron chi connectivity index (χ1n) is 7.16. The molecule has 0 aliphatic heterocycles. The Morgan fingerprint density at radius 1 is 1.14 bits per heavy atom. The Kier molecular flexibility index (Phi) is 4.42.